The molecule has 1 unspecified atom stereocenters. The highest BCUT2D eigenvalue weighted by Gasteiger charge is 2.37. The van der Waals surface area contributed by atoms with Gasteiger partial charge < -0.3 is 10.2 Å². The van der Waals surface area contributed by atoms with E-state index >= 15 is 0 Å². The number of likely N-dealkylation sites (tertiary alicyclic amines) is 1. The fourth-order valence-electron chi connectivity index (χ4n) is 3.27. The number of rotatable bonds is 6. The Hall–Kier alpha value is -1.66. The van der Waals surface area contributed by atoms with E-state index < -0.39 is 0 Å². The predicted octanol–water partition coefficient (Wildman–Crippen LogP) is 2.26. The Labute approximate surface area is 131 Å². The predicted molar refractivity (Wildman–Crippen MR) is 82.0 cm³/mol. The maximum absolute atomic E-state index is 12.5. The number of aromatic nitrogens is 4. The molecule has 1 aliphatic carbocycles. The van der Waals surface area contributed by atoms with Gasteiger partial charge in [-0.1, -0.05) is 31.4 Å². The molecule has 1 aromatic rings. The first-order chi connectivity index (χ1) is 10.8. The zero-order chi connectivity index (χ0) is 15.4. The van der Waals surface area contributed by atoms with E-state index in [4.69, 9.17) is 0 Å². The highest BCUT2D eigenvalue weighted by Crippen LogP contribution is 2.39. The van der Waals surface area contributed by atoms with Crippen LogP contribution in [-0.4, -0.2) is 44.6 Å². The maximum Gasteiger partial charge on any atom is 0.317 e. The molecule has 2 N–H and O–H groups in total. The molecular formula is C15H26N6O. The van der Waals surface area contributed by atoms with Gasteiger partial charge >= 0.3 is 6.03 Å². The molecule has 2 amide bonds. The van der Waals surface area contributed by atoms with E-state index in [1.807, 2.05) is 4.90 Å². The van der Waals surface area contributed by atoms with E-state index in [2.05, 4.69) is 32.9 Å². The quantitative estimate of drug-likeness (QED) is 0.844. The second-order valence-electron chi connectivity index (χ2n) is 6.61. The molecule has 1 atom stereocenters. The summed E-state index contributed by atoms with van der Waals surface area (Å²) in [5.74, 6) is 1.86. The van der Waals surface area contributed by atoms with Crippen molar-refractivity contribution < 1.29 is 4.79 Å². The van der Waals surface area contributed by atoms with Crippen LogP contribution >= 0.6 is 0 Å². The van der Waals surface area contributed by atoms with Crippen molar-refractivity contribution in [3.8, 4) is 0 Å². The normalized spacial score (nSPS) is 20.9. The van der Waals surface area contributed by atoms with Crippen LogP contribution in [0.3, 0.4) is 0 Å². The fourth-order valence-corrected chi connectivity index (χ4v) is 3.27. The van der Waals surface area contributed by atoms with Gasteiger partial charge in [0.1, 0.15) is 0 Å². The first-order valence-corrected chi connectivity index (χ1v) is 8.56. The average Bonchev–Trinajstić information content (AvgIpc) is 3.25. The van der Waals surface area contributed by atoms with Gasteiger partial charge in [-0.15, -0.1) is 10.2 Å². The van der Waals surface area contributed by atoms with Crippen LogP contribution in [-0.2, 0) is 0 Å². The Balaban J connectivity index is 1.49. The van der Waals surface area contributed by atoms with Crippen molar-refractivity contribution in [2.24, 2.45) is 11.8 Å². The lowest BCUT2D eigenvalue weighted by molar-refractivity contribution is 0.162. The minimum atomic E-state index is -0.0935. The number of piperidine rings is 1. The van der Waals surface area contributed by atoms with Crippen molar-refractivity contribution in [2.75, 3.05) is 13.1 Å². The molecule has 2 heterocycles. The SMILES string of the molecule is CCCCC1CCN(C(=O)NC(c2nn[nH]n2)C2CC2)CC1. The Morgan fingerprint density at radius 2 is 2.14 bits per heavy atom. The monoisotopic (exact) mass is 306 g/mol. The van der Waals surface area contributed by atoms with E-state index in [-0.39, 0.29) is 12.1 Å². The molecule has 122 valence electrons. The third kappa shape index (κ3) is 3.75. The van der Waals surface area contributed by atoms with E-state index in [0.29, 0.717) is 11.7 Å². The number of carbonyl (C=O) groups excluding carboxylic acids is 1. The molecule has 0 bridgehead atoms. The molecule has 7 nitrogen and oxygen atoms in total. The van der Waals surface area contributed by atoms with Crippen LogP contribution in [0.4, 0.5) is 4.79 Å². The summed E-state index contributed by atoms with van der Waals surface area (Å²) >= 11 is 0. The van der Waals surface area contributed by atoms with E-state index in [9.17, 15) is 4.79 Å². The van der Waals surface area contributed by atoms with E-state index in [0.717, 1.165) is 44.7 Å². The van der Waals surface area contributed by atoms with Gasteiger partial charge in [0.15, 0.2) is 5.82 Å². The number of hydrogen-bond donors (Lipinski definition) is 2. The second-order valence-corrected chi connectivity index (χ2v) is 6.61. The molecule has 22 heavy (non-hydrogen) atoms. The van der Waals surface area contributed by atoms with Gasteiger partial charge in [-0.25, -0.2) is 4.79 Å². The molecule has 1 saturated carbocycles. The molecule has 2 fully saturated rings. The third-order valence-electron chi connectivity index (χ3n) is 4.88. The van der Waals surface area contributed by atoms with Crippen molar-refractivity contribution in [2.45, 2.75) is 57.9 Å². The highest BCUT2D eigenvalue weighted by molar-refractivity contribution is 5.74. The Morgan fingerprint density at radius 3 is 2.73 bits per heavy atom. The molecule has 1 aliphatic heterocycles. The van der Waals surface area contributed by atoms with Crippen LogP contribution in [0.2, 0.25) is 0 Å². The highest BCUT2D eigenvalue weighted by atomic mass is 16.2. The minimum Gasteiger partial charge on any atom is -0.328 e. The second kappa shape index (κ2) is 7.07. The zero-order valence-electron chi connectivity index (χ0n) is 13.3. The lowest BCUT2D eigenvalue weighted by Gasteiger charge is -2.33. The molecule has 0 spiro atoms. The summed E-state index contributed by atoms with van der Waals surface area (Å²) in [4.78, 5) is 14.4. The van der Waals surface area contributed by atoms with Gasteiger partial charge in [0.05, 0.1) is 6.04 Å². The summed E-state index contributed by atoms with van der Waals surface area (Å²) < 4.78 is 0. The molecule has 1 aromatic heterocycles. The van der Waals surface area contributed by atoms with Crippen molar-refractivity contribution in [1.29, 1.82) is 0 Å². The van der Waals surface area contributed by atoms with E-state index in [1.54, 1.807) is 0 Å². The summed E-state index contributed by atoms with van der Waals surface area (Å²) in [6, 6.07) is -0.0697. The molecule has 0 aromatic carbocycles. The molecular weight excluding hydrogens is 280 g/mol. The van der Waals surface area contributed by atoms with Gasteiger partial charge in [0, 0.05) is 13.1 Å². The number of carbonyl (C=O) groups is 1. The van der Waals surface area contributed by atoms with Gasteiger partial charge in [-0.05, 0) is 37.5 Å². The number of nitrogens with zero attached hydrogens (tertiary/aromatic N) is 4. The largest absolute Gasteiger partial charge is 0.328 e. The lowest BCUT2D eigenvalue weighted by atomic mass is 9.92. The molecule has 3 rings (SSSR count). The van der Waals surface area contributed by atoms with Crippen LogP contribution in [0.5, 0.6) is 0 Å². The van der Waals surface area contributed by atoms with Crippen LogP contribution < -0.4 is 5.32 Å². The number of hydrogen-bond acceptors (Lipinski definition) is 4. The summed E-state index contributed by atoms with van der Waals surface area (Å²) in [6.45, 7) is 3.96. The number of H-pyrrole nitrogens is 1. The molecule has 1 saturated heterocycles. The van der Waals surface area contributed by atoms with Crippen LogP contribution in [0.1, 0.15) is 63.7 Å². The first-order valence-electron chi connectivity index (χ1n) is 8.56. The number of urea groups is 1. The van der Waals surface area contributed by atoms with Crippen molar-refractivity contribution in [1.82, 2.24) is 30.8 Å². The number of unbranched alkanes of at least 4 members (excludes halogenated alkanes) is 1. The molecule has 7 heteroatoms. The Kier molecular flexibility index (Phi) is 4.90. The number of tetrazole rings is 1. The molecule has 0 radical (unpaired) electrons. The smallest absolute Gasteiger partial charge is 0.317 e. The Morgan fingerprint density at radius 1 is 1.36 bits per heavy atom. The van der Waals surface area contributed by atoms with Gasteiger partial charge in [-0.2, -0.15) is 5.21 Å². The van der Waals surface area contributed by atoms with Crippen molar-refractivity contribution >= 4 is 6.03 Å². The van der Waals surface area contributed by atoms with Gasteiger partial charge in [0.25, 0.3) is 0 Å². The van der Waals surface area contributed by atoms with Crippen molar-refractivity contribution in [3.05, 3.63) is 5.82 Å². The number of aromatic amines is 1. The summed E-state index contributed by atoms with van der Waals surface area (Å²) in [5.41, 5.74) is 0. The van der Waals surface area contributed by atoms with Crippen LogP contribution in [0.25, 0.3) is 0 Å². The summed E-state index contributed by atoms with van der Waals surface area (Å²) in [6.07, 6.45) is 8.37. The maximum atomic E-state index is 12.5. The number of nitrogens with one attached hydrogen (secondary N) is 2. The van der Waals surface area contributed by atoms with Crippen LogP contribution in [0.15, 0.2) is 0 Å². The van der Waals surface area contributed by atoms with Gasteiger partial charge in [-0.3, -0.25) is 0 Å². The zero-order valence-corrected chi connectivity index (χ0v) is 13.3. The standard InChI is InChI=1S/C15H26N6O/c1-2-3-4-11-7-9-21(10-8-11)15(22)16-13(12-5-6-12)14-17-19-20-18-14/h11-13H,2-10H2,1H3,(H,16,22)(H,17,18,19,20). The van der Waals surface area contributed by atoms with Crippen molar-refractivity contribution in [3.63, 3.8) is 0 Å². The number of amides is 2. The lowest BCUT2D eigenvalue weighted by Crippen LogP contribution is -2.46. The minimum absolute atomic E-state index is 0.0237. The summed E-state index contributed by atoms with van der Waals surface area (Å²) in [7, 11) is 0. The van der Waals surface area contributed by atoms with E-state index in [1.165, 1.54) is 19.3 Å². The first kappa shape index (κ1) is 15.2. The van der Waals surface area contributed by atoms with Gasteiger partial charge in [0.2, 0.25) is 0 Å². The topological polar surface area (TPSA) is 86.8 Å². The summed E-state index contributed by atoms with van der Waals surface area (Å²) in [5, 5.41) is 17.3. The third-order valence-corrected chi connectivity index (χ3v) is 4.88. The Bertz CT molecular complexity index is 464. The van der Waals surface area contributed by atoms with Crippen LogP contribution in [0, 0.1) is 11.8 Å². The fraction of sp³-hybridized carbons (Fsp3) is 0.867. The average molecular weight is 306 g/mol. The molecule has 2 aliphatic rings.